The summed E-state index contributed by atoms with van der Waals surface area (Å²) in [6.45, 7) is 4.09. The number of nitrogens with two attached hydrogens (primary N) is 1. The van der Waals surface area contributed by atoms with Crippen molar-refractivity contribution in [2.45, 2.75) is 25.8 Å². The van der Waals surface area contributed by atoms with Crippen molar-refractivity contribution < 1.29 is 9.13 Å². The van der Waals surface area contributed by atoms with E-state index in [1.165, 1.54) is 6.07 Å². The largest absolute Gasteiger partial charge is 0.496 e. The van der Waals surface area contributed by atoms with Crippen LogP contribution in [0.4, 0.5) is 4.39 Å². The van der Waals surface area contributed by atoms with Gasteiger partial charge in [0, 0.05) is 22.0 Å². The molecule has 1 aliphatic rings. The van der Waals surface area contributed by atoms with Crippen LogP contribution in [0.3, 0.4) is 0 Å². The maximum absolute atomic E-state index is 13.9. The molecule has 2 atom stereocenters. The Kier molecular flexibility index (Phi) is 2.75. The Bertz CT molecular complexity index is 433. The molecule has 88 valence electrons. The SMILES string of the molecule is COc1cc(Br)cc(F)c1[C@H]1[C@H](N)C1(C)C. The lowest BCUT2D eigenvalue weighted by Gasteiger charge is -2.11. The standard InChI is InChI=1S/C12H15BrFNO/c1-12(2)10(11(12)15)9-7(14)4-6(13)5-8(9)16-3/h4-5,10-11H,15H2,1-3H3/t10-,11-/m0/s1. The lowest BCUT2D eigenvalue weighted by Crippen LogP contribution is -2.06. The van der Waals surface area contributed by atoms with Crippen molar-refractivity contribution in [1.82, 2.24) is 0 Å². The van der Waals surface area contributed by atoms with E-state index in [1.54, 1.807) is 13.2 Å². The number of methoxy groups -OCH3 is 1. The molecular weight excluding hydrogens is 273 g/mol. The van der Waals surface area contributed by atoms with E-state index < -0.39 is 0 Å². The van der Waals surface area contributed by atoms with Crippen molar-refractivity contribution in [3.8, 4) is 5.75 Å². The summed E-state index contributed by atoms with van der Waals surface area (Å²) in [6, 6.07) is 3.23. The second-order valence-corrected chi connectivity index (χ2v) is 5.74. The van der Waals surface area contributed by atoms with Crippen molar-refractivity contribution in [3.05, 3.63) is 28.0 Å². The van der Waals surface area contributed by atoms with Crippen LogP contribution in [0.2, 0.25) is 0 Å². The van der Waals surface area contributed by atoms with E-state index in [9.17, 15) is 4.39 Å². The van der Waals surface area contributed by atoms with Gasteiger partial charge >= 0.3 is 0 Å². The van der Waals surface area contributed by atoms with Crippen LogP contribution in [0, 0.1) is 11.2 Å². The molecule has 1 saturated carbocycles. The third-order valence-electron chi connectivity index (χ3n) is 3.50. The summed E-state index contributed by atoms with van der Waals surface area (Å²) in [5, 5.41) is 0. The number of hydrogen-bond acceptors (Lipinski definition) is 2. The summed E-state index contributed by atoms with van der Waals surface area (Å²) in [5.41, 5.74) is 6.52. The van der Waals surface area contributed by atoms with Crippen LogP contribution in [0.15, 0.2) is 16.6 Å². The van der Waals surface area contributed by atoms with Crippen molar-refractivity contribution in [3.63, 3.8) is 0 Å². The van der Waals surface area contributed by atoms with Crippen molar-refractivity contribution >= 4 is 15.9 Å². The van der Waals surface area contributed by atoms with Crippen molar-refractivity contribution in [1.29, 1.82) is 0 Å². The van der Waals surface area contributed by atoms with Gasteiger partial charge in [-0.15, -0.1) is 0 Å². The van der Waals surface area contributed by atoms with E-state index in [2.05, 4.69) is 15.9 Å². The predicted molar refractivity (Wildman–Crippen MR) is 65.1 cm³/mol. The van der Waals surface area contributed by atoms with Crippen LogP contribution in [-0.2, 0) is 0 Å². The zero-order chi connectivity index (χ0) is 12.1. The van der Waals surface area contributed by atoms with Crippen molar-refractivity contribution in [2.75, 3.05) is 7.11 Å². The quantitative estimate of drug-likeness (QED) is 0.907. The molecule has 0 radical (unpaired) electrons. The fourth-order valence-corrected chi connectivity index (χ4v) is 2.67. The molecule has 4 heteroatoms. The minimum absolute atomic E-state index is 0.00271. The first-order chi connectivity index (χ1) is 7.39. The van der Waals surface area contributed by atoms with Gasteiger partial charge in [0.15, 0.2) is 0 Å². The molecule has 2 nitrogen and oxygen atoms in total. The minimum Gasteiger partial charge on any atom is -0.496 e. The molecule has 0 unspecified atom stereocenters. The molecule has 1 aliphatic carbocycles. The molecule has 1 aromatic carbocycles. The molecule has 2 rings (SSSR count). The fraction of sp³-hybridized carbons (Fsp3) is 0.500. The first-order valence-electron chi connectivity index (χ1n) is 5.18. The van der Waals surface area contributed by atoms with E-state index in [1.807, 2.05) is 13.8 Å². The molecule has 0 aliphatic heterocycles. The van der Waals surface area contributed by atoms with Crippen LogP contribution in [0.5, 0.6) is 5.75 Å². The van der Waals surface area contributed by atoms with E-state index >= 15 is 0 Å². The molecule has 16 heavy (non-hydrogen) atoms. The average Bonchev–Trinajstić information content (AvgIpc) is 2.66. The molecule has 2 N–H and O–H groups in total. The third kappa shape index (κ3) is 1.64. The average molecular weight is 288 g/mol. The van der Waals surface area contributed by atoms with Crippen LogP contribution in [0.25, 0.3) is 0 Å². The predicted octanol–water partition coefficient (Wildman–Crippen LogP) is 3.05. The Morgan fingerprint density at radius 2 is 2.00 bits per heavy atom. The van der Waals surface area contributed by atoms with Gasteiger partial charge < -0.3 is 10.5 Å². The Morgan fingerprint density at radius 1 is 1.44 bits per heavy atom. The highest BCUT2D eigenvalue weighted by molar-refractivity contribution is 9.10. The maximum Gasteiger partial charge on any atom is 0.131 e. The Labute approximate surface area is 103 Å². The van der Waals surface area contributed by atoms with Crippen LogP contribution >= 0.6 is 15.9 Å². The van der Waals surface area contributed by atoms with Gasteiger partial charge in [0.25, 0.3) is 0 Å². The zero-order valence-corrected chi connectivity index (χ0v) is 11.1. The minimum atomic E-state index is -0.253. The monoisotopic (exact) mass is 287 g/mol. The fourth-order valence-electron chi connectivity index (χ4n) is 2.26. The summed E-state index contributed by atoms with van der Waals surface area (Å²) >= 11 is 3.25. The maximum atomic E-state index is 13.9. The van der Waals surface area contributed by atoms with E-state index in [-0.39, 0.29) is 23.2 Å². The van der Waals surface area contributed by atoms with Crippen LogP contribution < -0.4 is 10.5 Å². The number of benzene rings is 1. The van der Waals surface area contributed by atoms with Gasteiger partial charge in [-0.05, 0) is 17.5 Å². The van der Waals surface area contributed by atoms with Crippen LogP contribution in [-0.4, -0.2) is 13.2 Å². The van der Waals surface area contributed by atoms with Gasteiger partial charge in [-0.2, -0.15) is 0 Å². The topological polar surface area (TPSA) is 35.2 Å². The number of halogens is 2. The summed E-state index contributed by atoms with van der Waals surface area (Å²) < 4.78 is 19.8. The second kappa shape index (κ2) is 3.70. The number of rotatable bonds is 2. The third-order valence-corrected chi connectivity index (χ3v) is 3.96. The van der Waals surface area contributed by atoms with E-state index in [0.717, 1.165) is 0 Å². The molecule has 1 aromatic rings. The van der Waals surface area contributed by atoms with Gasteiger partial charge in [-0.1, -0.05) is 29.8 Å². The highest BCUT2D eigenvalue weighted by Gasteiger charge is 2.58. The Balaban J connectivity index is 2.49. The van der Waals surface area contributed by atoms with Crippen molar-refractivity contribution in [2.24, 2.45) is 11.1 Å². The number of ether oxygens (including phenoxy) is 1. The molecule has 1 fully saturated rings. The van der Waals surface area contributed by atoms with Gasteiger partial charge in [-0.25, -0.2) is 4.39 Å². The molecular formula is C12H15BrFNO. The smallest absolute Gasteiger partial charge is 0.131 e. The summed E-state index contributed by atoms with van der Waals surface area (Å²) in [7, 11) is 1.55. The molecule has 0 amide bonds. The molecule has 0 aromatic heterocycles. The summed E-state index contributed by atoms with van der Waals surface area (Å²) in [5.74, 6) is 0.352. The lowest BCUT2D eigenvalue weighted by molar-refractivity contribution is 0.401. The van der Waals surface area contributed by atoms with E-state index in [4.69, 9.17) is 10.5 Å². The van der Waals surface area contributed by atoms with Gasteiger partial charge in [0.2, 0.25) is 0 Å². The zero-order valence-electron chi connectivity index (χ0n) is 9.55. The first-order valence-corrected chi connectivity index (χ1v) is 5.97. The summed E-state index contributed by atoms with van der Waals surface area (Å²) in [4.78, 5) is 0. The van der Waals surface area contributed by atoms with Crippen LogP contribution in [0.1, 0.15) is 25.3 Å². The summed E-state index contributed by atoms with van der Waals surface area (Å²) in [6.07, 6.45) is 0. The van der Waals surface area contributed by atoms with Gasteiger partial charge in [0.05, 0.1) is 7.11 Å². The van der Waals surface area contributed by atoms with Gasteiger partial charge in [0.1, 0.15) is 11.6 Å². The lowest BCUT2D eigenvalue weighted by atomic mass is 10.0. The number of hydrogen-bond donors (Lipinski definition) is 1. The van der Waals surface area contributed by atoms with E-state index in [0.29, 0.717) is 15.8 Å². The molecule has 0 saturated heterocycles. The Hall–Kier alpha value is -0.610. The Morgan fingerprint density at radius 3 is 2.44 bits per heavy atom. The molecule has 0 spiro atoms. The second-order valence-electron chi connectivity index (χ2n) is 4.83. The first kappa shape index (κ1) is 11.9. The normalized spacial score (nSPS) is 26.6. The molecule has 0 heterocycles. The van der Waals surface area contributed by atoms with Gasteiger partial charge in [-0.3, -0.25) is 0 Å². The highest BCUT2D eigenvalue weighted by atomic mass is 79.9. The highest BCUT2D eigenvalue weighted by Crippen LogP contribution is 2.59. The molecule has 0 bridgehead atoms.